The Labute approximate surface area is 75.6 Å². The molecule has 1 aliphatic heterocycles. The fourth-order valence-electron chi connectivity index (χ4n) is 1.10. The molecule has 1 rings (SSSR count). The van der Waals surface area contributed by atoms with Gasteiger partial charge >= 0.3 is 0 Å². The fourth-order valence-corrected chi connectivity index (χ4v) is 2.23. The molecule has 1 heterocycles. The molecule has 12 heavy (non-hydrogen) atoms. The molecule has 0 aliphatic carbocycles. The summed E-state index contributed by atoms with van der Waals surface area (Å²) in [6.07, 6.45) is -0.206. The van der Waals surface area contributed by atoms with Crippen LogP contribution in [0.4, 0.5) is 0 Å². The van der Waals surface area contributed by atoms with Crippen molar-refractivity contribution < 1.29 is 8.95 Å². The van der Waals surface area contributed by atoms with Crippen LogP contribution >= 0.6 is 0 Å². The highest BCUT2D eigenvalue weighted by atomic mass is 32.2. The lowest BCUT2D eigenvalue weighted by Crippen LogP contribution is -2.52. The zero-order valence-electron chi connectivity index (χ0n) is 7.53. The van der Waals surface area contributed by atoms with E-state index >= 15 is 0 Å². The molecule has 1 saturated heterocycles. The van der Waals surface area contributed by atoms with Gasteiger partial charge in [-0.1, -0.05) is 0 Å². The van der Waals surface area contributed by atoms with Gasteiger partial charge in [0.25, 0.3) is 0 Å². The lowest BCUT2D eigenvalue weighted by Gasteiger charge is -2.32. The molecule has 72 valence electrons. The first-order chi connectivity index (χ1) is 5.63. The first-order valence-electron chi connectivity index (χ1n) is 4.13. The minimum Gasteiger partial charge on any atom is -0.377 e. The minimum absolute atomic E-state index is 0.133. The van der Waals surface area contributed by atoms with Crippen LogP contribution in [0.5, 0.6) is 0 Å². The van der Waals surface area contributed by atoms with Crippen molar-refractivity contribution in [2.24, 2.45) is 5.73 Å². The Hall–Kier alpha value is 0.0300. The molecule has 1 fully saturated rings. The smallest absolute Gasteiger partial charge is 0.0984 e. The maximum Gasteiger partial charge on any atom is 0.0984 e. The van der Waals surface area contributed by atoms with Gasteiger partial charge in [-0.15, -0.1) is 0 Å². The average molecular weight is 192 g/mol. The summed E-state index contributed by atoms with van der Waals surface area (Å²) in [5.41, 5.74) is 5.73. The molecule has 0 aromatic heterocycles. The van der Waals surface area contributed by atoms with Crippen LogP contribution in [-0.2, 0) is 15.7 Å². The van der Waals surface area contributed by atoms with E-state index in [1.54, 1.807) is 4.31 Å². The van der Waals surface area contributed by atoms with Gasteiger partial charge in [0, 0.05) is 11.8 Å². The number of nitrogens with zero attached hydrogens (tertiary/aromatic N) is 1. The van der Waals surface area contributed by atoms with Gasteiger partial charge in [0.15, 0.2) is 0 Å². The van der Waals surface area contributed by atoms with Gasteiger partial charge in [0.1, 0.15) is 0 Å². The molecular formula is C7H16N2O2S. The van der Waals surface area contributed by atoms with E-state index in [-0.39, 0.29) is 11.4 Å². The van der Waals surface area contributed by atoms with Gasteiger partial charge < -0.3 is 10.5 Å². The highest BCUT2D eigenvalue weighted by Crippen LogP contribution is 2.09. The van der Waals surface area contributed by atoms with Gasteiger partial charge in [-0.3, -0.25) is 0 Å². The van der Waals surface area contributed by atoms with E-state index in [9.17, 15) is 4.21 Å². The van der Waals surface area contributed by atoms with Gasteiger partial charge in [-0.2, -0.15) is 0 Å². The highest BCUT2D eigenvalue weighted by molar-refractivity contribution is 7.83. The van der Waals surface area contributed by atoms with Crippen molar-refractivity contribution in [3.63, 3.8) is 0 Å². The Morgan fingerprint density at radius 1 is 1.67 bits per heavy atom. The third-order valence-electron chi connectivity index (χ3n) is 1.75. The molecule has 0 aromatic rings. The maximum atomic E-state index is 11.6. The van der Waals surface area contributed by atoms with Gasteiger partial charge in [0.2, 0.25) is 0 Å². The lowest BCUT2D eigenvalue weighted by molar-refractivity contribution is 0.0371. The van der Waals surface area contributed by atoms with Crippen LogP contribution in [0.3, 0.4) is 0 Å². The number of ether oxygens (including phenoxy) is 1. The van der Waals surface area contributed by atoms with Gasteiger partial charge in [0.05, 0.1) is 30.4 Å². The molecule has 0 radical (unpaired) electrons. The van der Waals surface area contributed by atoms with E-state index in [0.717, 1.165) is 0 Å². The Morgan fingerprint density at radius 2 is 2.33 bits per heavy atom. The Kier molecular flexibility index (Phi) is 3.64. The third kappa shape index (κ3) is 2.26. The van der Waals surface area contributed by atoms with Crippen molar-refractivity contribution in [2.75, 3.05) is 19.8 Å². The van der Waals surface area contributed by atoms with Crippen LogP contribution in [0.15, 0.2) is 0 Å². The molecule has 0 spiro atoms. The molecular weight excluding hydrogens is 176 g/mol. The molecule has 2 N–H and O–H groups in total. The number of hydrogen-bond acceptors (Lipinski definition) is 3. The molecule has 4 nitrogen and oxygen atoms in total. The maximum absolute atomic E-state index is 11.6. The van der Waals surface area contributed by atoms with Crippen molar-refractivity contribution in [1.29, 1.82) is 0 Å². The first-order valence-corrected chi connectivity index (χ1v) is 5.30. The van der Waals surface area contributed by atoms with Crippen LogP contribution in [0.25, 0.3) is 0 Å². The molecule has 2 unspecified atom stereocenters. The predicted molar refractivity (Wildman–Crippen MR) is 48.8 cm³/mol. The Bertz CT molecular complexity index is 175. The standard InChI is InChI=1S/C7H16N2O2S/c1-6(2)12(10)9-3-4-11-5-7(9)8/h6-7H,3-5,8H2,1-2H3. The SMILES string of the molecule is CC(C)S(=O)N1CCOCC1N. The lowest BCUT2D eigenvalue weighted by atomic mass is 10.4. The molecule has 1 aliphatic rings. The van der Waals surface area contributed by atoms with Gasteiger partial charge in [-0.25, -0.2) is 8.51 Å². The van der Waals surface area contributed by atoms with E-state index in [1.165, 1.54) is 0 Å². The molecule has 0 amide bonds. The topological polar surface area (TPSA) is 55.6 Å². The first kappa shape index (κ1) is 10.1. The largest absolute Gasteiger partial charge is 0.377 e. The van der Waals surface area contributed by atoms with Crippen molar-refractivity contribution in [3.8, 4) is 0 Å². The van der Waals surface area contributed by atoms with E-state index in [0.29, 0.717) is 19.8 Å². The van der Waals surface area contributed by atoms with Crippen LogP contribution < -0.4 is 5.73 Å². The van der Waals surface area contributed by atoms with Crippen molar-refractivity contribution in [2.45, 2.75) is 25.3 Å². The zero-order chi connectivity index (χ0) is 9.14. The Morgan fingerprint density at radius 3 is 2.83 bits per heavy atom. The van der Waals surface area contributed by atoms with Crippen molar-refractivity contribution >= 4 is 11.0 Å². The predicted octanol–water partition coefficient (Wildman–Crippen LogP) is -0.324. The van der Waals surface area contributed by atoms with Crippen molar-refractivity contribution in [3.05, 3.63) is 0 Å². The summed E-state index contributed by atoms with van der Waals surface area (Å²) in [6.45, 7) is 5.65. The molecule has 2 atom stereocenters. The monoisotopic (exact) mass is 192 g/mol. The second kappa shape index (κ2) is 4.32. The second-order valence-electron chi connectivity index (χ2n) is 3.11. The van der Waals surface area contributed by atoms with Crippen LogP contribution in [0, 0.1) is 0 Å². The molecule has 0 bridgehead atoms. The van der Waals surface area contributed by atoms with Crippen LogP contribution in [-0.4, -0.2) is 39.7 Å². The third-order valence-corrected chi connectivity index (χ3v) is 3.47. The average Bonchev–Trinajstić information content (AvgIpc) is 2.04. The van der Waals surface area contributed by atoms with E-state index in [1.807, 2.05) is 13.8 Å². The summed E-state index contributed by atoms with van der Waals surface area (Å²) in [5.74, 6) is 0. The summed E-state index contributed by atoms with van der Waals surface area (Å²) in [4.78, 5) is 0. The highest BCUT2D eigenvalue weighted by Gasteiger charge is 2.25. The minimum atomic E-state index is -0.960. The van der Waals surface area contributed by atoms with Crippen LogP contribution in [0.1, 0.15) is 13.8 Å². The Balaban J connectivity index is 2.53. The summed E-state index contributed by atoms with van der Waals surface area (Å²) in [5, 5.41) is 0.133. The molecule has 0 saturated carbocycles. The summed E-state index contributed by atoms with van der Waals surface area (Å²) in [7, 11) is -0.960. The van der Waals surface area contributed by atoms with E-state index < -0.39 is 11.0 Å². The number of hydrogen-bond donors (Lipinski definition) is 1. The fraction of sp³-hybridized carbons (Fsp3) is 1.00. The number of morpholine rings is 1. The number of nitrogens with two attached hydrogens (primary N) is 1. The summed E-state index contributed by atoms with van der Waals surface area (Å²) >= 11 is 0. The molecule has 5 heteroatoms. The van der Waals surface area contributed by atoms with E-state index in [4.69, 9.17) is 10.5 Å². The zero-order valence-corrected chi connectivity index (χ0v) is 8.34. The normalized spacial score (nSPS) is 29.2. The molecule has 0 aromatic carbocycles. The summed E-state index contributed by atoms with van der Waals surface area (Å²) < 4.78 is 18.6. The van der Waals surface area contributed by atoms with Gasteiger partial charge in [-0.05, 0) is 13.8 Å². The number of rotatable bonds is 2. The quantitative estimate of drug-likeness (QED) is 0.652. The second-order valence-corrected chi connectivity index (χ2v) is 5.07. The van der Waals surface area contributed by atoms with E-state index in [2.05, 4.69) is 0 Å². The summed E-state index contributed by atoms with van der Waals surface area (Å²) in [6, 6.07) is 0. The van der Waals surface area contributed by atoms with Crippen LogP contribution in [0.2, 0.25) is 0 Å². The van der Waals surface area contributed by atoms with Crippen molar-refractivity contribution in [1.82, 2.24) is 4.31 Å².